The Labute approximate surface area is 122 Å². The molecule has 2 heterocycles. The maximum Gasteiger partial charge on any atom is 0.259 e. The Balaban J connectivity index is 1.80. The molecule has 0 aromatic heterocycles. The summed E-state index contributed by atoms with van der Waals surface area (Å²) >= 11 is 0. The number of hydrogen-bond acceptors (Lipinski definition) is 4. The number of imide groups is 1. The Morgan fingerprint density at radius 2 is 1.81 bits per heavy atom. The van der Waals surface area contributed by atoms with E-state index in [-0.39, 0.29) is 5.91 Å². The van der Waals surface area contributed by atoms with Crippen LogP contribution in [0, 0.1) is 5.41 Å². The summed E-state index contributed by atoms with van der Waals surface area (Å²) in [7, 11) is 0. The molecule has 1 aromatic rings. The first-order chi connectivity index (χ1) is 9.99. The Morgan fingerprint density at radius 1 is 1.14 bits per heavy atom. The van der Waals surface area contributed by atoms with Crippen molar-refractivity contribution in [2.45, 2.75) is 19.8 Å². The van der Waals surface area contributed by atoms with E-state index in [0.717, 1.165) is 25.9 Å². The third-order valence-electron chi connectivity index (χ3n) is 4.25. The fraction of sp³-hybridized carbons (Fsp3) is 0.400. The molecule has 110 valence electrons. The number of carbonyl (C=O) groups is 3. The highest BCUT2D eigenvalue weighted by atomic mass is 16.2. The van der Waals surface area contributed by atoms with Gasteiger partial charge in [-0.25, -0.2) is 0 Å². The van der Waals surface area contributed by atoms with Crippen LogP contribution in [-0.2, 0) is 4.79 Å². The second kappa shape index (κ2) is 4.96. The van der Waals surface area contributed by atoms with Crippen LogP contribution in [0.3, 0.4) is 0 Å². The highest BCUT2D eigenvalue weighted by Crippen LogP contribution is 2.30. The van der Waals surface area contributed by atoms with Crippen molar-refractivity contribution >= 4 is 23.4 Å². The smallest absolute Gasteiger partial charge is 0.259 e. The quantitative estimate of drug-likeness (QED) is 0.705. The lowest BCUT2D eigenvalue weighted by Gasteiger charge is -2.32. The molecule has 1 aromatic carbocycles. The van der Waals surface area contributed by atoms with E-state index in [2.05, 4.69) is 16.0 Å². The summed E-state index contributed by atoms with van der Waals surface area (Å²) < 4.78 is 0. The summed E-state index contributed by atoms with van der Waals surface area (Å²) in [5, 5.41) is 8.33. The molecule has 0 unspecified atom stereocenters. The van der Waals surface area contributed by atoms with Gasteiger partial charge in [0.15, 0.2) is 0 Å². The van der Waals surface area contributed by atoms with Gasteiger partial charge in [0.05, 0.1) is 11.1 Å². The first-order valence-corrected chi connectivity index (χ1v) is 7.01. The molecule has 3 amide bonds. The second-order valence-corrected chi connectivity index (χ2v) is 5.81. The summed E-state index contributed by atoms with van der Waals surface area (Å²) in [5.41, 5.74) is 0.810. The van der Waals surface area contributed by atoms with E-state index in [1.807, 2.05) is 6.92 Å². The molecule has 1 saturated heterocycles. The van der Waals surface area contributed by atoms with Gasteiger partial charge in [0.1, 0.15) is 0 Å². The lowest BCUT2D eigenvalue weighted by Crippen LogP contribution is -2.42. The van der Waals surface area contributed by atoms with Gasteiger partial charge in [-0.1, -0.05) is 6.92 Å². The van der Waals surface area contributed by atoms with E-state index in [9.17, 15) is 14.4 Å². The van der Waals surface area contributed by atoms with Gasteiger partial charge in [0.2, 0.25) is 5.91 Å². The number of benzene rings is 1. The van der Waals surface area contributed by atoms with Crippen LogP contribution in [0.4, 0.5) is 5.69 Å². The van der Waals surface area contributed by atoms with Crippen LogP contribution in [-0.4, -0.2) is 30.8 Å². The molecule has 0 saturated carbocycles. The van der Waals surface area contributed by atoms with Crippen LogP contribution >= 0.6 is 0 Å². The number of amides is 3. The van der Waals surface area contributed by atoms with Gasteiger partial charge in [0.25, 0.3) is 11.8 Å². The lowest BCUT2D eigenvalue weighted by molar-refractivity contribution is -0.126. The normalized spacial score (nSPS) is 19.9. The summed E-state index contributed by atoms with van der Waals surface area (Å²) in [4.78, 5) is 35.5. The predicted molar refractivity (Wildman–Crippen MR) is 77.1 cm³/mol. The molecule has 1 fully saturated rings. The van der Waals surface area contributed by atoms with Gasteiger partial charge in [-0.3, -0.25) is 19.7 Å². The maximum atomic E-state index is 12.4. The van der Waals surface area contributed by atoms with Crippen LogP contribution < -0.4 is 16.0 Å². The standard InChI is InChI=1S/C15H17N3O3/c1-15(4-6-16-7-5-15)14(21)17-9-2-3-10-11(8-9)13(20)18-12(10)19/h2-3,8,16H,4-7H2,1H3,(H,17,21)(H,18,19,20). The SMILES string of the molecule is CC1(C(=O)Nc2ccc3c(c2)C(=O)NC3=O)CCNCC1. The van der Waals surface area contributed by atoms with Crippen molar-refractivity contribution in [1.82, 2.24) is 10.6 Å². The zero-order valence-corrected chi connectivity index (χ0v) is 11.8. The van der Waals surface area contributed by atoms with Crippen molar-refractivity contribution in [1.29, 1.82) is 0 Å². The molecule has 0 aliphatic carbocycles. The molecular formula is C15H17N3O3. The zero-order chi connectivity index (χ0) is 15.0. The van der Waals surface area contributed by atoms with Gasteiger partial charge in [-0.15, -0.1) is 0 Å². The number of piperidine rings is 1. The zero-order valence-electron chi connectivity index (χ0n) is 11.8. The molecule has 0 atom stereocenters. The van der Waals surface area contributed by atoms with Crippen molar-refractivity contribution in [3.05, 3.63) is 29.3 Å². The minimum absolute atomic E-state index is 0.0475. The molecule has 3 N–H and O–H groups in total. The third kappa shape index (κ3) is 2.42. The maximum absolute atomic E-state index is 12.4. The Hall–Kier alpha value is -2.21. The molecule has 6 nitrogen and oxygen atoms in total. The van der Waals surface area contributed by atoms with Crippen LogP contribution in [0.5, 0.6) is 0 Å². The summed E-state index contributed by atoms with van der Waals surface area (Å²) in [6, 6.07) is 4.77. The number of anilines is 1. The van der Waals surface area contributed by atoms with E-state index in [4.69, 9.17) is 0 Å². The predicted octanol–water partition coefficient (Wildman–Crippen LogP) is 0.898. The van der Waals surface area contributed by atoms with Crippen LogP contribution in [0.2, 0.25) is 0 Å². The number of rotatable bonds is 2. The van der Waals surface area contributed by atoms with Crippen molar-refractivity contribution in [3.63, 3.8) is 0 Å². The van der Waals surface area contributed by atoms with Crippen molar-refractivity contribution in [2.24, 2.45) is 5.41 Å². The first-order valence-electron chi connectivity index (χ1n) is 7.01. The van der Waals surface area contributed by atoms with Crippen LogP contribution in [0.1, 0.15) is 40.5 Å². The molecule has 0 spiro atoms. The minimum Gasteiger partial charge on any atom is -0.326 e. The fourth-order valence-corrected chi connectivity index (χ4v) is 2.73. The van der Waals surface area contributed by atoms with Gasteiger partial charge >= 0.3 is 0 Å². The van der Waals surface area contributed by atoms with Gasteiger partial charge in [0, 0.05) is 11.1 Å². The summed E-state index contributed by atoms with van der Waals surface area (Å²) in [5.74, 6) is -0.856. The second-order valence-electron chi connectivity index (χ2n) is 5.81. The Morgan fingerprint density at radius 3 is 2.52 bits per heavy atom. The molecule has 3 rings (SSSR count). The number of carbonyl (C=O) groups excluding carboxylic acids is 3. The Kier molecular flexibility index (Phi) is 3.25. The van der Waals surface area contributed by atoms with E-state index in [0.29, 0.717) is 16.8 Å². The van der Waals surface area contributed by atoms with E-state index < -0.39 is 17.2 Å². The van der Waals surface area contributed by atoms with Crippen molar-refractivity contribution < 1.29 is 14.4 Å². The summed E-state index contributed by atoms with van der Waals surface area (Å²) in [6.45, 7) is 3.60. The van der Waals surface area contributed by atoms with Crippen LogP contribution in [0.15, 0.2) is 18.2 Å². The average Bonchev–Trinajstić information content (AvgIpc) is 2.74. The first kappa shape index (κ1) is 13.8. The third-order valence-corrected chi connectivity index (χ3v) is 4.25. The number of fused-ring (bicyclic) bond motifs is 1. The molecule has 0 radical (unpaired) electrons. The lowest BCUT2D eigenvalue weighted by atomic mass is 9.80. The van der Waals surface area contributed by atoms with E-state index >= 15 is 0 Å². The topological polar surface area (TPSA) is 87.3 Å². The van der Waals surface area contributed by atoms with Gasteiger partial charge < -0.3 is 10.6 Å². The molecular weight excluding hydrogens is 270 g/mol. The average molecular weight is 287 g/mol. The van der Waals surface area contributed by atoms with E-state index in [1.54, 1.807) is 18.2 Å². The highest BCUT2D eigenvalue weighted by Gasteiger charge is 2.35. The number of hydrogen-bond donors (Lipinski definition) is 3. The van der Waals surface area contributed by atoms with E-state index in [1.165, 1.54) is 0 Å². The molecule has 2 aliphatic rings. The number of nitrogens with one attached hydrogen (secondary N) is 3. The van der Waals surface area contributed by atoms with Crippen LogP contribution in [0.25, 0.3) is 0 Å². The minimum atomic E-state index is -0.417. The fourth-order valence-electron chi connectivity index (χ4n) is 2.73. The monoisotopic (exact) mass is 287 g/mol. The van der Waals surface area contributed by atoms with Crippen molar-refractivity contribution in [3.8, 4) is 0 Å². The van der Waals surface area contributed by atoms with Gasteiger partial charge in [-0.2, -0.15) is 0 Å². The van der Waals surface area contributed by atoms with Crippen molar-refractivity contribution in [2.75, 3.05) is 18.4 Å². The highest BCUT2D eigenvalue weighted by molar-refractivity contribution is 6.22. The summed E-state index contributed by atoms with van der Waals surface area (Å²) in [6.07, 6.45) is 1.56. The Bertz CT molecular complexity index is 633. The molecule has 6 heteroatoms. The largest absolute Gasteiger partial charge is 0.326 e. The molecule has 2 aliphatic heterocycles. The molecule has 0 bridgehead atoms. The van der Waals surface area contributed by atoms with Gasteiger partial charge in [-0.05, 0) is 44.1 Å². The molecule has 21 heavy (non-hydrogen) atoms.